The average Bonchev–Trinajstić information content (AvgIpc) is 3.22. The number of benzene rings is 1. The first kappa shape index (κ1) is 21.4. The van der Waals surface area contributed by atoms with Crippen molar-refractivity contribution in [1.29, 1.82) is 0 Å². The van der Waals surface area contributed by atoms with Crippen LogP contribution >= 0.6 is 23.7 Å². The smallest absolute Gasteiger partial charge is 0.256 e. The highest BCUT2D eigenvalue weighted by Crippen LogP contribution is 2.26. The summed E-state index contributed by atoms with van der Waals surface area (Å²) in [6, 6.07) is 8.82. The molecule has 1 heterocycles. The van der Waals surface area contributed by atoms with Crippen molar-refractivity contribution in [2.75, 3.05) is 11.9 Å². The van der Waals surface area contributed by atoms with E-state index in [9.17, 15) is 9.59 Å². The molecule has 27 heavy (non-hydrogen) atoms. The van der Waals surface area contributed by atoms with Gasteiger partial charge in [0.15, 0.2) is 0 Å². The lowest BCUT2D eigenvalue weighted by Gasteiger charge is -2.30. The fraction of sp³-hybridized carbons (Fsp3) is 0.400. The number of thiophene rings is 1. The minimum absolute atomic E-state index is 0. The maximum Gasteiger partial charge on any atom is 0.256 e. The van der Waals surface area contributed by atoms with Crippen LogP contribution in [0.15, 0.2) is 41.1 Å². The minimum Gasteiger partial charge on any atom is -0.348 e. The second-order valence-electron chi connectivity index (χ2n) is 6.73. The van der Waals surface area contributed by atoms with Gasteiger partial charge in [0.25, 0.3) is 11.8 Å². The molecule has 1 aromatic carbocycles. The molecule has 1 unspecified atom stereocenters. The van der Waals surface area contributed by atoms with E-state index >= 15 is 0 Å². The SMILES string of the molecule is Cl.NCC(NC(=O)c1ccccc1NC(=O)c1ccsc1)C1CCCCC1. The summed E-state index contributed by atoms with van der Waals surface area (Å²) in [5, 5.41) is 9.56. The summed E-state index contributed by atoms with van der Waals surface area (Å²) >= 11 is 1.46. The van der Waals surface area contributed by atoms with E-state index in [0.29, 0.717) is 29.3 Å². The van der Waals surface area contributed by atoms with Gasteiger partial charge in [0.1, 0.15) is 0 Å². The zero-order valence-corrected chi connectivity index (χ0v) is 16.8. The molecule has 1 fully saturated rings. The van der Waals surface area contributed by atoms with Crippen LogP contribution in [0.4, 0.5) is 5.69 Å². The van der Waals surface area contributed by atoms with Gasteiger partial charge in [-0.25, -0.2) is 0 Å². The maximum atomic E-state index is 12.8. The Bertz CT molecular complexity index is 745. The van der Waals surface area contributed by atoms with Gasteiger partial charge < -0.3 is 16.4 Å². The molecule has 1 saturated carbocycles. The van der Waals surface area contributed by atoms with Crippen molar-refractivity contribution < 1.29 is 9.59 Å². The number of para-hydroxylation sites is 1. The molecule has 1 atom stereocenters. The fourth-order valence-corrected chi connectivity index (χ4v) is 4.17. The van der Waals surface area contributed by atoms with E-state index in [1.54, 1.807) is 29.6 Å². The van der Waals surface area contributed by atoms with Crippen LogP contribution in [0.25, 0.3) is 0 Å². The Balaban J connectivity index is 0.00000261. The second-order valence-corrected chi connectivity index (χ2v) is 7.51. The molecule has 0 spiro atoms. The summed E-state index contributed by atoms with van der Waals surface area (Å²) in [5.41, 5.74) is 7.50. The van der Waals surface area contributed by atoms with Crippen LogP contribution < -0.4 is 16.4 Å². The number of carbonyl (C=O) groups is 2. The highest BCUT2D eigenvalue weighted by Gasteiger charge is 2.25. The third kappa shape index (κ3) is 5.54. The monoisotopic (exact) mass is 407 g/mol. The molecule has 0 bridgehead atoms. The van der Waals surface area contributed by atoms with Crippen molar-refractivity contribution >= 4 is 41.2 Å². The van der Waals surface area contributed by atoms with Crippen LogP contribution in [0.5, 0.6) is 0 Å². The first-order chi connectivity index (χ1) is 12.7. The molecule has 0 radical (unpaired) electrons. The molecule has 1 aliphatic carbocycles. The molecule has 7 heteroatoms. The van der Waals surface area contributed by atoms with Gasteiger partial charge in [-0.05, 0) is 42.3 Å². The first-order valence-corrected chi connectivity index (χ1v) is 10.1. The summed E-state index contributed by atoms with van der Waals surface area (Å²) in [6.45, 7) is 0.430. The highest BCUT2D eigenvalue weighted by atomic mass is 35.5. The topological polar surface area (TPSA) is 84.2 Å². The summed E-state index contributed by atoms with van der Waals surface area (Å²) in [7, 11) is 0. The molecule has 1 aliphatic rings. The largest absolute Gasteiger partial charge is 0.348 e. The third-order valence-electron chi connectivity index (χ3n) is 4.99. The minimum atomic E-state index is -0.214. The van der Waals surface area contributed by atoms with E-state index in [0.717, 1.165) is 12.8 Å². The molecule has 1 aromatic heterocycles. The number of carbonyl (C=O) groups excluding carboxylic acids is 2. The number of amides is 2. The summed E-state index contributed by atoms with van der Waals surface area (Å²) < 4.78 is 0. The first-order valence-electron chi connectivity index (χ1n) is 9.12. The Hall–Kier alpha value is -1.89. The molecule has 146 valence electrons. The van der Waals surface area contributed by atoms with Crippen molar-refractivity contribution in [2.24, 2.45) is 11.7 Å². The standard InChI is InChI=1S/C20H25N3O2S.ClH/c21-12-18(14-6-2-1-3-7-14)23-20(25)16-8-4-5-9-17(16)22-19(24)15-10-11-26-13-15;/h4-5,8-11,13-14,18H,1-3,6-7,12,21H2,(H,22,24)(H,23,25);1H. The van der Waals surface area contributed by atoms with E-state index < -0.39 is 0 Å². The number of nitrogens with two attached hydrogens (primary N) is 1. The van der Waals surface area contributed by atoms with Gasteiger partial charge in [-0.3, -0.25) is 9.59 Å². The molecule has 2 amide bonds. The quantitative estimate of drug-likeness (QED) is 0.675. The zero-order valence-electron chi connectivity index (χ0n) is 15.1. The number of hydrogen-bond donors (Lipinski definition) is 3. The van der Waals surface area contributed by atoms with Crippen LogP contribution in [0.3, 0.4) is 0 Å². The molecular formula is C20H26ClN3O2S. The second kappa shape index (κ2) is 10.4. The van der Waals surface area contributed by atoms with E-state index in [4.69, 9.17) is 5.73 Å². The summed E-state index contributed by atoms with van der Waals surface area (Å²) in [4.78, 5) is 25.1. The Kier molecular flexibility index (Phi) is 8.28. The fourth-order valence-electron chi connectivity index (χ4n) is 3.53. The van der Waals surface area contributed by atoms with Gasteiger partial charge >= 0.3 is 0 Å². The molecule has 0 saturated heterocycles. The van der Waals surface area contributed by atoms with Crippen molar-refractivity contribution in [3.63, 3.8) is 0 Å². The molecule has 5 nitrogen and oxygen atoms in total. The van der Waals surface area contributed by atoms with Gasteiger partial charge in [0, 0.05) is 18.0 Å². The lowest BCUT2D eigenvalue weighted by molar-refractivity contribution is 0.0916. The van der Waals surface area contributed by atoms with E-state index in [1.165, 1.54) is 30.6 Å². The van der Waals surface area contributed by atoms with E-state index in [2.05, 4.69) is 10.6 Å². The van der Waals surface area contributed by atoms with Gasteiger partial charge in [-0.1, -0.05) is 31.4 Å². The molecule has 0 aliphatic heterocycles. The number of halogens is 1. The number of hydrogen-bond acceptors (Lipinski definition) is 4. The van der Waals surface area contributed by atoms with Crippen LogP contribution in [0.2, 0.25) is 0 Å². The number of anilines is 1. The summed E-state index contributed by atoms with van der Waals surface area (Å²) in [6.07, 6.45) is 5.88. The number of nitrogens with one attached hydrogen (secondary N) is 2. The normalized spacial score (nSPS) is 15.4. The third-order valence-corrected chi connectivity index (χ3v) is 5.68. The molecular weight excluding hydrogens is 382 g/mol. The van der Waals surface area contributed by atoms with Crippen molar-refractivity contribution in [3.8, 4) is 0 Å². The maximum absolute atomic E-state index is 12.8. The Labute approximate surface area is 170 Å². The van der Waals surface area contributed by atoms with Gasteiger partial charge in [0.05, 0.1) is 16.8 Å². The van der Waals surface area contributed by atoms with Gasteiger partial charge in [0.2, 0.25) is 0 Å². The predicted molar refractivity (Wildman–Crippen MR) is 113 cm³/mol. The number of rotatable bonds is 6. The molecule has 3 rings (SSSR count). The Morgan fingerprint density at radius 1 is 1.11 bits per heavy atom. The summed E-state index contributed by atoms with van der Waals surface area (Å²) in [5.74, 6) is 0.0339. The van der Waals surface area contributed by atoms with E-state index in [1.807, 2.05) is 11.4 Å². The Morgan fingerprint density at radius 2 is 1.85 bits per heavy atom. The zero-order chi connectivity index (χ0) is 18.4. The lowest BCUT2D eigenvalue weighted by atomic mass is 9.84. The van der Waals surface area contributed by atoms with Crippen molar-refractivity contribution in [3.05, 3.63) is 52.2 Å². The predicted octanol–water partition coefficient (Wildman–Crippen LogP) is 4.06. The van der Waals surface area contributed by atoms with E-state index in [-0.39, 0.29) is 30.3 Å². The molecule has 4 N–H and O–H groups in total. The van der Waals surface area contributed by atoms with Crippen LogP contribution in [0, 0.1) is 5.92 Å². The van der Waals surface area contributed by atoms with Crippen LogP contribution in [-0.4, -0.2) is 24.4 Å². The average molecular weight is 408 g/mol. The van der Waals surface area contributed by atoms with Gasteiger partial charge in [-0.15, -0.1) is 12.4 Å². The highest BCUT2D eigenvalue weighted by molar-refractivity contribution is 7.08. The van der Waals surface area contributed by atoms with Crippen LogP contribution in [-0.2, 0) is 0 Å². The van der Waals surface area contributed by atoms with Crippen molar-refractivity contribution in [2.45, 2.75) is 38.1 Å². The Morgan fingerprint density at radius 3 is 2.52 bits per heavy atom. The lowest BCUT2D eigenvalue weighted by Crippen LogP contribution is -2.46. The van der Waals surface area contributed by atoms with Gasteiger partial charge in [-0.2, -0.15) is 11.3 Å². The molecule has 2 aromatic rings. The van der Waals surface area contributed by atoms with Crippen LogP contribution in [0.1, 0.15) is 52.8 Å². The van der Waals surface area contributed by atoms with Crippen molar-refractivity contribution in [1.82, 2.24) is 5.32 Å².